The van der Waals surface area contributed by atoms with E-state index in [1.807, 2.05) is 12.1 Å². The highest BCUT2D eigenvalue weighted by atomic mass is 79.9. The average molecular weight is 391 g/mol. The zero-order valence-corrected chi connectivity index (χ0v) is 15.0. The predicted octanol–water partition coefficient (Wildman–Crippen LogP) is 4.11. The van der Waals surface area contributed by atoms with Gasteiger partial charge in [-0.25, -0.2) is 4.39 Å². The highest BCUT2D eigenvalue weighted by Crippen LogP contribution is 2.18. The molecule has 0 aliphatic carbocycles. The number of likely N-dealkylation sites (tertiary alicyclic amines) is 1. The van der Waals surface area contributed by atoms with E-state index < -0.39 is 0 Å². The molecule has 0 unspecified atom stereocenters. The molecule has 2 aromatic carbocycles. The van der Waals surface area contributed by atoms with E-state index in [2.05, 4.69) is 38.3 Å². The molecule has 126 valence electrons. The van der Waals surface area contributed by atoms with Crippen molar-refractivity contribution in [1.82, 2.24) is 10.2 Å². The third-order valence-electron chi connectivity index (χ3n) is 4.26. The van der Waals surface area contributed by atoms with E-state index in [1.165, 1.54) is 49.7 Å². The van der Waals surface area contributed by atoms with Crippen molar-refractivity contribution in [3.63, 3.8) is 0 Å². The number of rotatable bonds is 5. The van der Waals surface area contributed by atoms with E-state index in [0.717, 1.165) is 12.1 Å². The number of amides is 1. The summed E-state index contributed by atoms with van der Waals surface area (Å²) in [5.41, 5.74) is 2.78. The van der Waals surface area contributed by atoms with Gasteiger partial charge in [0.05, 0.1) is 5.56 Å². The Bertz CT molecular complexity index is 712. The highest BCUT2D eigenvalue weighted by Gasteiger charge is 2.12. The van der Waals surface area contributed by atoms with Crippen LogP contribution in [0.4, 0.5) is 4.39 Å². The van der Waals surface area contributed by atoms with Crippen molar-refractivity contribution in [3.05, 3.63) is 69.4 Å². The van der Waals surface area contributed by atoms with E-state index in [-0.39, 0.29) is 11.7 Å². The Morgan fingerprint density at radius 3 is 2.42 bits per heavy atom. The molecule has 1 aliphatic heterocycles. The van der Waals surface area contributed by atoms with Crippen LogP contribution in [-0.4, -0.2) is 23.9 Å². The molecule has 0 radical (unpaired) electrons. The molecular formula is C19H20BrFN2O. The maximum Gasteiger partial charge on any atom is 0.252 e. The molecule has 0 bridgehead atoms. The lowest BCUT2D eigenvalue weighted by Gasteiger charge is -2.14. The number of nitrogens with one attached hydrogen (secondary N) is 1. The van der Waals surface area contributed by atoms with E-state index >= 15 is 0 Å². The normalized spacial score (nSPS) is 14.8. The van der Waals surface area contributed by atoms with E-state index in [1.54, 1.807) is 0 Å². The second-order valence-corrected chi connectivity index (χ2v) is 6.96. The van der Waals surface area contributed by atoms with Crippen molar-refractivity contribution < 1.29 is 9.18 Å². The first-order valence-corrected chi connectivity index (χ1v) is 8.94. The third kappa shape index (κ3) is 4.42. The molecule has 0 atom stereocenters. The van der Waals surface area contributed by atoms with Crippen molar-refractivity contribution in [2.45, 2.75) is 25.9 Å². The molecule has 3 nitrogen and oxygen atoms in total. The van der Waals surface area contributed by atoms with Crippen molar-refractivity contribution in [2.75, 3.05) is 13.1 Å². The lowest BCUT2D eigenvalue weighted by atomic mass is 10.1. The molecule has 0 saturated carbocycles. The molecule has 24 heavy (non-hydrogen) atoms. The summed E-state index contributed by atoms with van der Waals surface area (Å²) >= 11 is 3.22. The molecule has 5 heteroatoms. The van der Waals surface area contributed by atoms with Gasteiger partial charge < -0.3 is 5.32 Å². The Labute approximate surface area is 150 Å². The number of hydrogen-bond acceptors (Lipinski definition) is 2. The monoisotopic (exact) mass is 390 g/mol. The summed E-state index contributed by atoms with van der Waals surface area (Å²) in [5.74, 6) is -0.588. The minimum atomic E-state index is -0.369. The minimum Gasteiger partial charge on any atom is -0.348 e. The highest BCUT2D eigenvalue weighted by molar-refractivity contribution is 9.10. The maximum atomic E-state index is 13.1. The molecule has 1 fully saturated rings. The fourth-order valence-electron chi connectivity index (χ4n) is 2.91. The fourth-order valence-corrected chi connectivity index (χ4v) is 3.44. The van der Waals surface area contributed by atoms with Gasteiger partial charge in [0.2, 0.25) is 0 Å². The van der Waals surface area contributed by atoms with Crippen LogP contribution in [0, 0.1) is 5.82 Å². The van der Waals surface area contributed by atoms with E-state index in [4.69, 9.17) is 0 Å². The maximum absolute atomic E-state index is 13.1. The Balaban J connectivity index is 1.55. The lowest BCUT2D eigenvalue weighted by Crippen LogP contribution is -2.23. The van der Waals surface area contributed by atoms with Gasteiger partial charge in [0, 0.05) is 17.6 Å². The first kappa shape index (κ1) is 17.1. The Morgan fingerprint density at radius 1 is 1.08 bits per heavy atom. The summed E-state index contributed by atoms with van der Waals surface area (Å²) in [5, 5.41) is 2.87. The molecule has 1 N–H and O–H groups in total. The van der Waals surface area contributed by atoms with Crippen LogP contribution >= 0.6 is 15.9 Å². The SMILES string of the molecule is O=C(NCc1ccc(CN2CCCC2)cc1)c1ccc(F)cc1Br. The molecule has 1 aliphatic rings. The van der Waals surface area contributed by atoms with E-state index in [0.29, 0.717) is 16.6 Å². The number of carbonyl (C=O) groups is 1. The largest absolute Gasteiger partial charge is 0.348 e. The second-order valence-electron chi connectivity index (χ2n) is 6.11. The van der Waals surface area contributed by atoms with Gasteiger partial charge in [0.25, 0.3) is 5.91 Å². The van der Waals surface area contributed by atoms with Crippen LogP contribution < -0.4 is 5.32 Å². The molecule has 1 amide bonds. The van der Waals surface area contributed by atoms with Crippen LogP contribution in [0.5, 0.6) is 0 Å². The predicted molar refractivity (Wildman–Crippen MR) is 96.2 cm³/mol. The molecule has 3 rings (SSSR count). The molecule has 0 aromatic heterocycles. The van der Waals surface area contributed by atoms with Crippen molar-refractivity contribution in [2.24, 2.45) is 0 Å². The van der Waals surface area contributed by atoms with Crippen LogP contribution in [0.1, 0.15) is 34.3 Å². The zero-order chi connectivity index (χ0) is 16.9. The summed E-state index contributed by atoms with van der Waals surface area (Å²) in [7, 11) is 0. The number of benzene rings is 2. The van der Waals surface area contributed by atoms with Crippen LogP contribution in [0.25, 0.3) is 0 Å². The first-order valence-electron chi connectivity index (χ1n) is 8.15. The zero-order valence-electron chi connectivity index (χ0n) is 13.4. The van der Waals surface area contributed by atoms with Crippen molar-refractivity contribution in [3.8, 4) is 0 Å². The van der Waals surface area contributed by atoms with Gasteiger partial charge in [-0.15, -0.1) is 0 Å². The standard InChI is InChI=1S/C19H20BrFN2O/c20-18-11-16(21)7-8-17(18)19(24)22-12-14-3-5-15(6-4-14)13-23-9-1-2-10-23/h3-8,11H,1-2,9-10,12-13H2,(H,22,24). The van der Waals surface area contributed by atoms with Gasteiger partial charge in [0.15, 0.2) is 0 Å². The number of halogens is 2. The van der Waals surface area contributed by atoms with Crippen LogP contribution in [0.2, 0.25) is 0 Å². The lowest BCUT2D eigenvalue weighted by molar-refractivity contribution is 0.0950. The number of carbonyl (C=O) groups excluding carboxylic acids is 1. The van der Waals surface area contributed by atoms with Gasteiger partial charge in [0.1, 0.15) is 5.82 Å². The summed E-state index contributed by atoms with van der Waals surface area (Å²) in [6.45, 7) is 3.82. The summed E-state index contributed by atoms with van der Waals surface area (Å²) < 4.78 is 13.5. The van der Waals surface area contributed by atoms with Gasteiger partial charge in [-0.3, -0.25) is 9.69 Å². The molecule has 1 saturated heterocycles. The first-order chi connectivity index (χ1) is 11.6. The average Bonchev–Trinajstić information content (AvgIpc) is 3.07. The Hall–Kier alpha value is -1.72. The summed E-state index contributed by atoms with van der Waals surface area (Å²) in [4.78, 5) is 14.6. The number of nitrogens with zero attached hydrogens (tertiary/aromatic N) is 1. The van der Waals surface area contributed by atoms with Crippen molar-refractivity contribution in [1.29, 1.82) is 0 Å². The third-order valence-corrected chi connectivity index (χ3v) is 4.91. The topological polar surface area (TPSA) is 32.3 Å². The van der Waals surface area contributed by atoms with Gasteiger partial charge in [-0.05, 0) is 71.2 Å². The Kier molecular flexibility index (Phi) is 5.63. The number of hydrogen-bond donors (Lipinski definition) is 1. The van der Waals surface area contributed by atoms with Gasteiger partial charge >= 0.3 is 0 Å². The quantitative estimate of drug-likeness (QED) is 0.832. The fraction of sp³-hybridized carbons (Fsp3) is 0.316. The Morgan fingerprint density at radius 2 is 1.75 bits per heavy atom. The van der Waals surface area contributed by atoms with Gasteiger partial charge in [-0.1, -0.05) is 24.3 Å². The van der Waals surface area contributed by atoms with Crippen LogP contribution in [0.15, 0.2) is 46.9 Å². The second kappa shape index (κ2) is 7.90. The van der Waals surface area contributed by atoms with Crippen LogP contribution in [-0.2, 0) is 13.1 Å². The van der Waals surface area contributed by atoms with Crippen molar-refractivity contribution >= 4 is 21.8 Å². The smallest absolute Gasteiger partial charge is 0.252 e. The molecular weight excluding hydrogens is 371 g/mol. The van der Waals surface area contributed by atoms with E-state index in [9.17, 15) is 9.18 Å². The minimum absolute atomic E-state index is 0.219. The summed E-state index contributed by atoms with van der Waals surface area (Å²) in [6, 6.07) is 12.4. The van der Waals surface area contributed by atoms with Gasteiger partial charge in [-0.2, -0.15) is 0 Å². The molecule has 0 spiro atoms. The molecule has 2 aromatic rings. The summed E-state index contributed by atoms with van der Waals surface area (Å²) in [6.07, 6.45) is 2.59. The molecule has 1 heterocycles. The van der Waals surface area contributed by atoms with Crippen LogP contribution in [0.3, 0.4) is 0 Å².